The molecule has 0 aliphatic rings. The maximum Gasteiger partial charge on any atom is 0.119 e. The summed E-state index contributed by atoms with van der Waals surface area (Å²) in [4.78, 5) is 2.17. The zero-order valence-electron chi connectivity index (χ0n) is 16.7. The molecule has 0 radical (unpaired) electrons. The quantitative estimate of drug-likeness (QED) is 0.363. The van der Waals surface area contributed by atoms with E-state index in [1.54, 1.807) is 0 Å². The predicted octanol–water partition coefficient (Wildman–Crippen LogP) is 5.97. The second-order valence-corrected chi connectivity index (χ2v) is 7.44. The van der Waals surface area contributed by atoms with Gasteiger partial charge >= 0.3 is 0 Å². The van der Waals surface area contributed by atoms with E-state index in [0.717, 1.165) is 38.2 Å². The van der Waals surface area contributed by atoms with Gasteiger partial charge in [0.2, 0.25) is 0 Å². The lowest BCUT2D eigenvalue weighted by atomic mass is 9.84. The minimum absolute atomic E-state index is 0.0211. The molecule has 0 bridgehead atoms. The number of nitrogens with zero attached hydrogens (tertiary/aromatic N) is 1. The van der Waals surface area contributed by atoms with Gasteiger partial charge in [-0.2, -0.15) is 0 Å². The summed E-state index contributed by atoms with van der Waals surface area (Å²) in [6.45, 7) is 12.3. The lowest BCUT2D eigenvalue weighted by Gasteiger charge is -2.20. The van der Waals surface area contributed by atoms with E-state index in [0.29, 0.717) is 0 Å². The first-order chi connectivity index (χ1) is 11.8. The SMILES string of the molecule is C=C[C@@](C)(/C=C/c1ccc(OCCCN(C)C)cc1)CCC=C(C)C. The van der Waals surface area contributed by atoms with E-state index in [1.165, 1.54) is 11.1 Å². The highest BCUT2D eigenvalue weighted by atomic mass is 16.5. The normalized spacial score (nSPS) is 13.7. The van der Waals surface area contributed by atoms with E-state index >= 15 is 0 Å². The van der Waals surface area contributed by atoms with Crippen LogP contribution < -0.4 is 4.74 Å². The van der Waals surface area contributed by atoms with Gasteiger partial charge in [0.15, 0.2) is 0 Å². The number of hydrogen-bond donors (Lipinski definition) is 0. The van der Waals surface area contributed by atoms with Gasteiger partial charge < -0.3 is 9.64 Å². The van der Waals surface area contributed by atoms with Crippen LogP contribution in [0.1, 0.15) is 45.6 Å². The number of allylic oxidation sites excluding steroid dienone is 4. The molecular formula is C23H35NO. The zero-order valence-corrected chi connectivity index (χ0v) is 16.7. The first kappa shape index (κ1) is 21.2. The molecule has 0 N–H and O–H groups in total. The van der Waals surface area contributed by atoms with Gasteiger partial charge in [0.1, 0.15) is 5.75 Å². The van der Waals surface area contributed by atoms with Gasteiger partial charge in [0.25, 0.3) is 0 Å². The Labute approximate surface area is 154 Å². The molecule has 138 valence electrons. The lowest BCUT2D eigenvalue weighted by molar-refractivity contribution is 0.281. The van der Waals surface area contributed by atoms with Crippen LogP contribution in [0.5, 0.6) is 5.75 Å². The third kappa shape index (κ3) is 9.31. The summed E-state index contributed by atoms with van der Waals surface area (Å²) in [7, 11) is 4.16. The summed E-state index contributed by atoms with van der Waals surface area (Å²) in [6, 6.07) is 8.31. The van der Waals surface area contributed by atoms with Crippen LogP contribution in [0.25, 0.3) is 6.08 Å². The molecule has 0 fully saturated rings. The highest BCUT2D eigenvalue weighted by molar-refractivity contribution is 5.52. The van der Waals surface area contributed by atoms with Crippen molar-refractivity contribution in [2.45, 2.75) is 40.0 Å². The fourth-order valence-corrected chi connectivity index (χ4v) is 2.46. The molecule has 0 spiro atoms. The first-order valence-corrected chi connectivity index (χ1v) is 9.18. The molecule has 0 amide bonds. The third-order valence-corrected chi connectivity index (χ3v) is 4.26. The van der Waals surface area contributed by atoms with Crippen molar-refractivity contribution in [2.75, 3.05) is 27.2 Å². The molecular weight excluding hydrogens is 306 g/mol. The minimum atomic E-state index is 0.0211. The topological polar surface area (TPSA) is 12.5 Å². The van der Waals surface area contributed by atoms with Gasteiger partial charge in [-0.3, -0.25) is 0 Å². The first-order valence-electron chi connectivity index (χ1n) is 9.18. The highest BCUT2D eigenvalue weighted by Crippen LogP contribution is 2.28. The molecule has 0 aromatic heterocycles. The molecule has 25 heavy (non-hydrogen) atoms. The summed E-state index contributed by atoms with van der Waals surface area (Å²) >= 11 is 0. The van der Waals surface area contributed by atoms with Gasteiger partial charge in [-0.1, -0.05) is 48.9 Å². The van der Waals surface area contributed by atoms with E-state index in [1.807, 2.05) is 18.2 Å². The van der Waals surface area contributed by atoms with Gasteiger partial charge in [0, 0.05) is 12.0 Å². The van der Waals surface area contributed by atoms with Gasteiger partial charge in [-0.05, 0) is 64.9 Å². The second kappa shape index (κ2) is 10.9. The van der Waals surface area contributed by atoms with Crippen molar-refractivity contribution in [2.24, 2.45) is 5.41 Å². The van der Waals surface area contributed by atoms with Crippen LogP contribution in [-0.4, -0.2) is 32.1 Å². The third-order valence-electron chi connectivity index (χ3n) is 4.26. The Bertz CT molecular complexity index is 564. The zero-order chi connectivity index (χ0) is 18.7. The van der Waals surface area contributed by atoms with Crippen molar-refractivity contribution in [3.63, 3.8) is 0 Å². The van der Waals surface area contributed by atoms with Crippen LogP contribution >= 0.6 is 0 Å². The molecule has 2 heteroatoms. The van der Waals surface area contributed by atoms with Crippen LogP contribution in [0, 0.1) is 5.41 Å². The van der Waals surface area contributed by atoms with Crippen LogP contribution in [0.3, 0.4) is 0 Å². The highest BCUT2D eigenvalue weighted by Gasteiger charge is 2.14. The van der Waals surface area contributed by atoms with Gasteiger partial charge in [-0.25, -0.2) is 0 Å². The van der Waals surface area contributed by atoms with Gasteiger partial charge in [0.05, 0.1) is 6.61 Å². The van der Waals surface area contributed by atoms with E-state index in [2.05, 4.69) is 76.7 Å². The van der Waals surface area contributed by atoms with Gasteiger partial charge in [-0.15, -0.1) is 6.58 Å². The van der Waals surface area contributed by atoms with Crippen LogP contribution in [-0.2, 0) is 0 Å². The average Bonchev–Trinajstić information content (AvgIpc) is 2.57. The van der Waals surface area contributed by atoms with Crippen molar-refractivity contribution in [1.82, 2.24) is 4.90 Å². The Kier molecular flexibility index (Phi) is 9.30. The maximum absolute atomic E-state index is 5.78. The monoisotopic (exact) mass is 341 g/mol. The second-order valence-electron chi connectivity index (χ2n) is 7.44. The molecule has 0 aliphatic carbocycles. The van der Waals surface area contributed by atoms with Crippen LogP contribution in [0.2, 0.25) is 0 Å². The van der Waals surface area contributed by atoms with Crippen LogP contribution in [0.15, 0.2) is 54.6 Å². The minimum Gasteiger partial charge on any atom is -0.494 e. The Balaban J connectivity index is 2.55. The molecule has 0 unspecified atom stereocenters. The summed E-state index contributed by atoms with van der Waals surface area (Å²) in [5.41, 5.74) is 2.58. The maximum atomic E-state index is 5.78. The standard InChI is InChI=1S/C23H35NO/c1-7-23(4,16-8-10-20(2)3)17-15-21-11-13-22(14-12-21)25-19-9-18-24(5)6/h7,10-15,17H,1,8-9,16,18-19H2,2-6H3/b17-15+/t23-/m1/s1. The molecule has 0 saturated carbocycles. The summed E-state index contributed by atoms with van der Waals surface area (Å²) in [5.74, 6) is 0.936. The Morgan fingerprint density at radius 3 is 2.44 bits per heavy atom. The molecule has 1 rings (SSSR count). The van der Waals surface area contributed by atoms with E-state index in [-0.39, 0.29) is 5.41 Å². The van der Waals surface area contributed by atoms with Crippen LogP contribution in [0.4, 0.5) is 0 Å². The molecule has 1 atom stereocenters. The Morgan fingerprint density at radius 1 is 1.20 bits per heavy atom. The fraction of sp³-hybridized carbons (Fsp3) is 0.478. The number of rotatable bonds is 11. The van der Waals surface area contributed by atoms with E-state index in [4.69, 9.17) is 4.74 Å². The van der Waals surface area contributed by atoms with Crippen molar-refractivity contribution < 1.29 is 4.74 Å². The fourth-order valence-electron chi connectivity index (χ4n) is 2.46. The smallest absolute Gasteiger partial charge is 0.119 e. The average molecular weight is 342 g/mol. The van der Waals surface area contributed by atoms with Crippen molar-refractivity contribution in [3.8, 4) is 5.75 Å². The molecule has 0 saturated heterocycles. The molecule has 1 aromatic carbocycles. The molecule has 1 aromatic rings. The summed E-state index contributed by atoms with van der Waals surface area (Å²) in [5, 5.41) is 0. The number of ether oxygens (including phenoxy) is 1. The summed E-state index contributed by atoms with van der Waals surface area (Å²) in [6.07, 6.45) is 12.0. The largest absolute Gasteiger partial charge is 0.494 e. The predicted molar refractivity (Wildman–Crippen MR) is 111 cm³/mol. The molecule has 0 heterocycles. The Morgan fingerprint density at radius 2 is 1.88 bits per heavy atom. The molecule has 2 nitrogen and oxygen atoms in total. The van der Waals surface area contributed by atoms with E-state index in [9.17, 15) is 0 Å². The van der Waals surface area contributed by atoms with Crippen molar-refractivity contribution in [3.05, 3.63) is 60.2 Å². The number of hydrogen-bond acceptors (Lipinski definition) is 2. The van der Waals surface area contributed by atoms with Crippen molar-refractivity contribution >= 4 is 6.08 Å². The van der Waals surface area contributed by atoms with E-state index < -0.39 is 0 Å². The lowest BCUT2D eigenvalue weighted by Crippen LogP contribution is -2.15. The molecule has 0 aliphatic heterocycles. The van der Waals surface area contributed by atoms with Crippen molar-refractivity contribution in [1.29, 1.82) is 0 Å². The summed E-state index contributed by atoms with van der Waals surface area (Å²) < 4.78 is 5.78. The Hall–Kier alpha value is -1.80. The number of benzene rings is 1.